The highest BCUT2D eigenvalue weighted by Crippen LogP contribution is 2.23. The number of nitrogens with one attached hydrogen (secondary N) is 2. The number of carbonyl (C=O) groups is 2. The number of benzene rings is 1. The molecule has 3 amide bonds. The van der Waals surface area contributed by atoms with Gasteiger partial charge in [-0.1, -0.05) is 49.0 Å². The van der Waals surface area contributed by atoms with Crippen molar-refractivity contribution in [3.63, 3.8) is 0 Å². The topological polar surface area (TPSA) is 88.9 Å². The summed E-state index contributed by atoms with van der Waals surface area (Å²) >= 11 is 1.26. The second kappa shape index (κ2) is 9.07. The Morgan fingerprint density at radius 3 is 2.58 bits per heavy atom. The van der Waals surface area contributed by atoms with Crippen molar-refractivity contribution in [3.8, 4) is 11.4 Å². The first-order chi connectivity index (χ1) is 11.7. The monoisotopic (exact) mass is 347 g/mol. The fourth-order valence-corrected chi connectivity index (χ4v) is 2.86. The molecule has 0 unspecified atom stereocenters. The fraction of sp³-hybridized carbons (Fsp3) is 0.375. The van der Waals surface area contributed by atoms with Gasteiger partial charge in [-0.3, -0.25) is 10.1 Å². The minimum Gasteiger partial charge on any atom is -0.338 e. The van der Waals surface area contributed by atoms with E-state index in [9.17, 15) is 9.59 Å². The summed E-state index contributed by atoms with van der Waals surface area (Å²) in [6, 6.07) is 9.30. The zero-order valence-corrected chi connectivity index (χ0v) is 14.6. The van der Waals surface area contributed by atoms with Crippen LogP contribution >= 0.6 is 11.8 Å². The van der Waals surface area contributed by atoms with Crippen LogP contribution < -0.4 is 10.6 Å². The average molecular weight is 347 g/mol. The summed E-state index contributed by atoms with van der Waals surface area (Å²) in [5.41, 5.74) is 0.974. The maximum Gasteiger partial charge on any atom is 0.321 e. The number of thioether (sulfide) groups is 1. The summed E-state index contributed by atoms with van der Waals surface area (Å²) in [5.74, 6) is 0.508. The van der Waals surface area contributed by atoms with E-state index in [2.05, 4.69) is 20.8 Å². The maximum atomic E-state index is 11.8. The molecule has 0 atom stereocenters. The van der Waals surface area contributed by atoms with E-state index in [1.165, 1.54) is 11.8 Å². The highest BCUT2D eigenvalue weighted by Gasteiger charge is 2.15. The molecule has 2 aromatic rings. The third-order valence-electron chi connectivity index (χ3n) is 3.19. The molecule has 0 radical (unpaired) electrons. The van der Waals surface area contributed by atoms with Gasteiger partial charge in [0.05, 0.1) is 5.75 Å². The minimum atomic E-state index is -0.468. The van der Waals surface area contributed by atoms with Crippen molar-refractivity contribution < 1.29 is 9.59 Å². The fourth-order valence-electron chi connectivity index (χ4n) is 2.06. The van der Waals surface area contributed by atoms with Crippen LogP contribution in [0.4, 0.5) is 4.79 Å². The molecule has 0 bridgehead atoms. The van der Waals surface area contributed by atoms with Crippen LogP contribution in [0.5, 0.6) is 0 Å². The highest BCUT2D eigenvalue weighted by atomic mass is 32.2. The molecule has 2 N–H and O–H groups in total. The van der Waals surface area contributed by atoms with E-state index < -0.39 is 6.03 Å². The van der Waals surface area contributed by atoms with Gasteiger partial charge in [0.25, 0.3) is 0 Å². The van der Waals surface area contributed by atoms with Gasteiger partial charge in [-0.15, -0.1) is 10.2 Å². The second-order valence-corrected chi connectivity index (χ2v) is 5.95. The molecule has 1 heterocycles. The van der Waals surface area contributed by atoms with Crippen molar-refractivity contribution in [3.05, 3.63) is 30.3 Å². The molecule has 0 aliphatic rings. The van der Waals surface area contributed by atoms with E-state index in [1.807, 2.05) is 48.7 Å². The summed E-state index contributed by atoms with van der Waals surface area (Å²) < 4.78 is 1.95. The first kappa shape index (κ1) is 18.0. The number of nitrogens with zero attached hydrogens (tertiary/aromatic N) is 3. The summed E-state index contributed by atoms with van der Waals surface area (Å²) in [7, 11) is 0. The molecule has 24 heavy (non-hydrogen) atoms. The molecule has 2 rings (SSSR count). The van der Waals surface area contributed by atoms with Crippen LogP contribution in [-0.4, -0.2) is 39.0 Å². The van der Waals surface area contributed by atoms with Crippen LogP contribution in [0, 0.1) is 0 Å². The van der Waals surface area contributed by atoms with Crippen LogP contribution in [0.3, 0.4) is 0 Å². The lowest BCUT2D eigenvalue weighted by atomic mass is 10.2. The molecule has 0 aliphatic carbocycles. The SMILES string of the molecule is CCCNC(=O)NC(=O)CSc1nnc(-c2ccccc2)n1CC. The Morgan fingerprint density at radius 1 is 1.17 bits per heavy atom. The Kier molecular flexibility index (Phi) is 6.80. The Balaban J connectivity index is 1.97. The van der Waals surface area contributed by atoms with Gasteiger partial charge in [0.1, 0.15) is 0 Å². The van der Waals surface area contributed by atoms with Gasteiger partial charge >= 0.3 is 6.03 Å². The van der Waals surface area contributed by atoms with E-state index in [0.29, 0.717) is 18.2 Å². The average Bonchev–Trinajstić information content (AvgIpc) is 3.01. The van der Waals surface area contributed by atoms with Crippen LogP contribution in [0.25, 0.3) is 11.4 Å². The molecular weight excluding hydrogens is 326 g/mol. The Labute approximate surface area is 145 Å². The van der Waals surface area contributed by atoms with Gasteiger partial charge in [0.2, 0.25) is 5.91 Å². The first-order valence-electron chi connectivity index (χ1n) is 7.84. The number of aromatic nitrogens is 3. The molecule has 0 saturated carbocycles. The zero-order valence-electron chi connectivity index (χ0n) is 13.8. The number of rotatable bonds is 7. The molecule has 0 fully saturated rings. The van der Waals surface area contributed by atoms with E-state index in [-0.39, 0.29) is 11.7 Å². The minimum absolute atomic E-state index is 0.104. The van der Waals surface area contributed by atoms with Crippen LogP contribution in [0.2, 0.25) is 0 Å². The molecular formula is C16H21N5O2S. The summed E-state index contributed by atoms with van der Waals surface area (Å²) in [5, 5.41) is 13.9. The Hall–Kier alpha value is -2.35. The van der Waals surface area contributed by atoms with Gasteiger partial charge in [-0.05, 0) is 13.3 Å². The lowest BCUT2D eigenvalue weighted by molar-refractivity contribution is -0.117. The van der Waals surface area contributed by atoms with Crippen molar-refractivity contribution in [2.75, 3.05) is 12.3 Å². The third kappa shape index (κ3) is 4.82. The Morgan fingerprint density at radius 2 is 1.92 bits per heavy atom. The summed E-state index contributed by atoms with van der Waals surface area (Å²) in [6.45, 7) is 5.17. The van der Waals surface area contributed by atoms with Gasteiger partial charge in [-0.2, -0.15) is 0 Å². The zero-order chi connectivity index (χ0) is 17.4. The van der Waals surface area contributed by atoms with Crippen LogP contribution in [0.1, 0.15) is 20.3 Å². The lowest BCUT2D eigenvalue weighted by Crippen LogP contribution is -2.40. The summed E-state index contributed by atoms with van der Waals surface area (Å²) in [6.07, 6.45) is 0.818. The quantitative estimate of drug-likeness (QED) is 0.750. The van der Waals surface area contributed by atoms with Gasteiger partial charge in [-0.25, -0.2) is 4.79 Å². The van der Waals surface area contributed by atoms with Gasteiger partial charge in [0, 0.05) is 18.7 Å². The number of hydrogen-bond donors (Lipinski definition) is 2. The Bertz CT molecular complexity index is 687. The molecule has 128 valence electrons. The lowest BCUT2D eigenvalue weighted by Gasteiger charge is -2.08. The van der Waals surface area contributed by atoms with Crippen molar-refractivity contribution in [2.45, 2.75) is 32.0 Å². The molecule has 7 nitrogen and oxygen atoms in total. The molecule has 0 aliphatic heterocycles. The van der Waals surface area contributed by atoms with Crippen molar-refractivity contribution in [1.82, 2.24) is 25.4 Å². The normalized spacial score (nSPS) is 10.4. The van der Waals surface area contributed by atoms with Crippen molar-refractivity contribution in [1.29, 1.82) is 0 Å². The number of urea groups is 1. The van der Waals surface area contributed by atoms with Crippen LogP contribution in [-0.2, 0) is 11.3 Å². The number of amides is 3. The predicted molar refractivity (Wildman–Crippen MR) is 93.7 cm³/mol. The van der Waals surface area contributed by atoms with E-state index >= 15 is 0 Å². The molecule has 8 heteroatoms. The van der Waals surface area contributed by atoms with Crippen LogP contribution in [0.15, 0.2) is 35.5 Å². The molecule has 0 spiro atoms. The van der Waals surface area contributed by atoms with Gasteiger partial charge < -0.3 is 9.88 Å². The van der Waals surface area contributed by atoms with E-state index in [1.54, 1.807) is 0 Å². The summed E-state index contributed by atoms with van der Waals surface area (Å²) in [4.78, 5) is 23.3. The largest absolute Gasteiger partial charge is 0.338 e. The standard InChI is InChI=1S/C16H21N5O2S/c1-3-10-17-15(23)18-13(22)11-24-16-20-19-14(21(16)4-2)12-8-6-5-7-9-12/h5-9H,3-4,10-11H2,1-2H3,(H2,17,18,22,23). The third-order valence-corrected chi connectivity index (χ3v) is 4.15. The number of carbonyl (C=O) groups excluding carboxylic acids is 2. The van der Waals surface area contributed by atoms with Gasteiger partial charge in [0.15, 0.2) is 11.0 Å². The number of imide groups is 1. The van der Waals surface area contributed by atoms with Crippen molar-refractivity contribution >= 4 is 23.7 Å². The highest BCUT2D eigenvalue weighted by molar-refractivity contribution is 7.99. The maximum absolute atomic E-state index is 11.8. The smallest absolute Gasteiger partial charge is 0.321 e. The predicted octanol–water partition coefficient (Wildman–Crippen LogP) is 2.29. The van der Waals surface area contributed by atoms with E-state index in [4.69, 9.17) is 0 Å². The second-order valence-electron chi connectivity index (χ2n) is 5.01. The molecule has 1 aromatic carbocycles. The number of hydrogen-bond acceptors (Lipinski definition) is 5. The first-order valence-corrected chi connectivity index (χ1v) is 8.83. The molecule has 1 aromatic heterocycles. The van der Waals surface area contributed by atoms with E-state index in [0.717, 1.165) is 17.8 Å². The van der Waals surface area contributed by atoms with Crippen molar-refractivity contribution in [2.24, 2.45) is 0 Å². The molecule has 0 saturated heterocycles.